The second-order valence-corrected chi connectivity index (χ2v) is 6.88. The van der Waals surface area contributed by atoms with Crippen molar-refractivity contribution in [2.75, 3.05) is 11.6 Å². The molecule has 0 aliphatic carbocycles. The monoisotopic (exact) mass is 394 g/mol. The average molecular weight is 394 g/mol. The van der Waals surface area contributed by atoms with Crippen molar-refractivity contribution in [3.8, 4) is 11.3 Å². The van der Waals surface area contributed by atoms with Crippen molar-refractivity contribution in [3.63, 3.8) is 0 Å². The van der Waals surface area contributed by atoms with Gasteiger partial charge >= 0.3 is 0 Å². The molecule has 6 nitrogen and oxygen atoms in total. The molecule has 0 saturated heterocycles. The highest BCUT2D eigenvalue weighted by molar-refractivity contribution is 7.98. The minimum atomic E-state index is -0.348. The highest BCUT2D eigenvalue weighted by Crippen LogP contribution is 2.28. The number of carbonyl (C=O) groups excluding carboxylic acids is 1. The molecule has 0 unspecified atom stereocenters. The standard InChI is InChI=1S/C20H15FN4O2S/c1-11-18-15(19(26)23-14-7-8-17(28-2)22-10-14)9-16(24-20(18)27-25-11)12-3-5-13(21)6-4-12/h3-10H,1-2H3,(H,23,26). The molecule has 1 N–H and O–H groups in total. The predicted molar refractivity (Wildman–Crippen MR) is 106 cm³/mol. The number of benzene rings is 1. The zero-order valence-electron chi connectivity index (χ0n) is 15.1. The van der Waals surface area contributed by atoms with Gasteiger partial charge in [0.05, 0.1) is 39.2 Å². The van der Waals surface area contributed by atoms with Crippen LogP contribution in [0.25, 0.3) is 22.4 Å². The summed E-state index contributed by atoms with van der Waals surface area (Å²) in [6.45, 7) is 1.75. The van der Waals surface area contributed by atoms with Gasteiger partial charge in [-0.15, -0.1) is 11.8 Å². The predicted octanol–water partition coefficient (Wildman–Crippen LogP) is 4.71. The quantitative estimate of drug-likeness (QED) is 0.505. The number of hydrogen-bond acceptors (Lipinski definition) is 6. The lowest BCUT2D eigenvalue weighted by molar-refractivity contribution is 0.102. The molecule has 8 heteroatoms. The molecule has 28 heavy (non-hydrogen) atoms. The van der Waals surface area contributed by atoms with Gasteiger partial charge in [0.2, 0.25) is 0 Å². The molecule has 0 aliphatic rings. The number of aryl methyl sites for hydroxylation is 1. The molecule has 1 aromatic carbocycles. The van der Waals surface area contributed by atoms with Crippen LogP contribution < -0.4 is 5.32 Å². The van der Waals surface area contributed by atoms with Crippen LogP contribution in [0.3, 0.4) is 0 Å². The Labute approximate surface area is 164 Å². The second-order valence-electron chi connectivity index (χ2n) is 6.05. The van der Waals surface area contributed by atoms with Crippen LogP contribution in [0.1, 0.15) is 16.1 Å². The number of nitrogens with one attached hydrogen (secondary N) is 1. The van der Waals surface area contributed by atoms with Gasteiger partial charge in [-0.05, 0) is 55.6 Å². The topological polar surface area (TPSA) is 80.9 Å². The molecule has 4 aromatic rings. The summed E-state index contributed by atoms with van der Waals surface area (Å²) in [7, 11) is 0. The van der Waals surface area contributed by atoms with Gasteiger partial charge in [-0.3, -0.25) is 4.79 Å². The average Bonchev–Trinajstić information content (AvgIpc) is 3.09. The number of nitrogens with zero attached hydrogens (tertiary/aromatic N) is 3. The van der Waals surface area contributed by atoms with Crippen molar-refractivity contribution in [1.29, 1.82) is 0 Å². The first kappa shape index (κ1) is 18.1. The van der Waals surface area contributed by atoms with Crippen LogP contribution in [0, 0.1) is 12.7 Å². The molecule has 0 fully saturated rings. The van der Waals surface area contributed by atoms with E-state index in [9.17, 15) is 9.18 Å². The first-order valence-electron chi connectivity index (χ1n) is 8.39. The van der Waals surface area contributed by atoms with E-state index < -0.39 is 0 Å². The molecule has 3 heterocycles. The van der Waals surface area contributed by atoms with Crippen LogP contribution in [0.15, 0.2) is 58.2 Å². The van der Waals surface area contributed by atoms with Gasteiger partial charge in [-0.2, -0.15) is 0 Å². The van der Waals surface area contributed by atoms with E-state index in [1.54, 1.807) is 37.4 Å². The van der Waals surface area contributed by atoms with E-state index in [1.807, 2.05) is 12.3 Å². The van der Waals surface area contributed by atoms with E-state index in [-0.39, 0.29) is 17.4 Å². The van der Waals surface area contributed by atoms with E-state index in [1.165, 1.54) is 23.9 Å². The van der Waals surface area contributed by atoms with Crippen molar-refractivity contribution < 1.29 is 13.7 Å². The lowest BCUT2D eigenvalue weighted by Gasteiger charge is -2.08. The van der Waals surface area contributed by atoms with E-state index >= 15 is 0 Å². The number of carbonyl (C=O) groups is 1. The smallest absolute Gasteiger partial charge is 0.259 e. The Morgan fingerprint density at radius 3 is 2.64 bits per heavy atom. The van der Waals surface area contributed by atoms with Crippen molar-refractivity contribution in [2.45, 2.75) is 11.9 Å². The lowest BCUT2D eigenvalue weighted by Crippen LogP contribution is -2.13. The Morgan fingerprint density at radius 1 is 1.18 bits per heavy atom. The molecular formula is C20H15FN4O2S. The zero-order valence-corrected chi connectivity index (χ0v) is 15.9. The number of anilines is 1. The van der Waals surface area contributed by atoms with Gasteiger partial charge in [0.1, 0.15) is 5.82 Å². The molecule has 0 bridgehead atoms. The maximum Gasteiger partial charge on any atom is 0.259 e. The Morgan fingerprint density at radius 2 is 1.96 bits per heavy atom. The van der Waals surface area contributed by atoms with E-state index in [2.05, 4.69) is 20.4 Å². The molecule has 0 atom stereocenters. The fraction of sp³-hybridized carbons (Fsp3) is 0.100. The summed E-state index contributed by atoms with van der Waals surface area (Å²) in [5.41, 5.74) is 2.92. The minimum Gasteiger partial charge on any atom is -0.335 e. The van der Waals surface area contributed by atoms with Crippen LogP contribution in [0.5, 0.6) is 0 Å². The Bertz CT molecular complexity index is 1160. The molecule has 140 valence electrons. The van der Waals surface area contributed by atoms with Crippen LogP contribution in [-0.2, 0) is 0 Å². The van der Waals surface area contributed by atoms with Gasteiger partial charge in [0.15, 0.2) is 0 Å². The van der Waals surface area contributed by atoms with Gasteiger partial charge < -0.3 is 9.84 Å². The van der Waals surface area contributed by atoms with Crippen LogP contribution >= 0.6 is 11.8 Å². The Balaban J connectivity index is 1.76. The van der Waals surface area contributed by atoms with Gasteiger partial charge in [-0.1, -0.05) is 5.16 Å². The highest BCUT2D eigenvalue weighted by atomic mass is 32.2. The van der Waals surface area contributed by atoms with Crippen molar-refractivity contribution in [3.05, 3.63) is 65.7 Å². The number of aromatic nitrogens is 3. The number of thioether (sulfide) groups is 1. The third-order valence-electron chi connectivity index (χ3n) is 4.21. The van der Waals surface area contributed by atoms with E-state index in [0.29, 0.717) is 33.6 Å². The molecule has 0 radical (unpaired) electrons. The Kier molecular flexibility index (Phi) is 4.79. The lowest BCUT2D eigenvalue weighted by atomic mass is 10.0. The van der Waals surface area contributed by atoms with Gasteiger partial charge in [0, 0.05) is 5.56 Å². The Hall–Kier alpha value is -3.26. The normalized spacial score (nSPS) is 11.0. The molecule has 3 aromatic heterocycles. The minimum absolute atomic E-state index is 0.250. The number of amides is 1. The number of rotatable bonds is 4. The third kappa shape index (κ3) is 3.46. The van der Waals surface area contributed by atoms with Gasteiger partial charge in [-0.25, -0.2) is 14.4 Å². The second kappa shape index (κ2) is 7.40. The van der Waals surface area contributed by atoms with Crippen molar-refractivity contribution in [1.82, 2.24) is 15.1 Å². The maximum atomic E-state index is 13.2. The molecule has 0 saturated carbocycles. The maximum absolute atomic E-state index is 13.2. The fourth-order valence-electron chi connectivity index (χ4n) is 2.82. The van der Waals surface area contributed by atoms with Crippen molar-refractivity contribution >= 4 is 34.5 Å². The number of halogens is 1. The van der Waals surface area contributed by atoms with E-state index in [4.69, 9.17) is 4.52 Å². The highest BCUT2D eigenvalue weighted by Gasteiger charge is 2.19. The first-order chi connectivity index (χ1) is 13.5. The van der Waals surface area contributed by atoms with Crippen molar-refractivity contribution in [2.24, 2.45) is 0 Å². The molecule has 0 aliphatic heterocycles. The summed E-state index contributed by atoms with van der Waals surface area (Å²) in [5, 5.41) is 8.16. The fourth-order valence-corrected chi connectivity index (χ4v) is 3.18. The summed E-state index contributed by atoms with van der Waals surface area (Å²) >= 11 is 1.52. The van der Waals surface area contributed by atoms with Crippen LogP contribution in [-0.4, -0.2) is 27.3 Å². The largest absolute Gasteiger partial charge is 0.335 e. The van der Waals surface area contributed by atoms with E-state index in [0.717, 1.165) is 5.03 Å². The number of pyridine rings is 2. The van der Waals surface area contributed by atoms with Gasteiger partial charge in [0.25, 0.3) is 11.6 Å². The summed E-state index contributed by atoms with van der Waals surface area (Å²) < 4.78 is 18.5. The molecule has 1 amide bonds. The summed E-state index contributed by atoms with van der Waals surface area (Å²) in [4.78, 5) is 21.6. The third-order valence-corrected chi connectivity index (χ3v) is 4.86. The number of fused-ring (bicyclic) bond motifs is 1. The number of hydrogen-bond donors (Lipinski definition) is 1. The summed E-state index contributed by atoms with van der Waals surface area (Å²) in [6, 6.07) is 11.1. The molecule has 0 spiro atoms. The molecular weight excluding hydrogens is 379 g/mol. The first-order valence-corrected chi connectivity index (χ1v) is 9.62. The molecule has 4 rings (SSSR count). The van der Waals surface area contributed by atoms with Crippen LogP contribution in [0.4, 0.5) is 10.1 Å². The zero-order chi connectivity index (χ0) is 19.7. The SMILES string of the molecule is CSc1ccc(NC(=O)c2cc(-c3ccc(F)cc3)nc3onc(C)c23)cn1. The summed E-state index contributed by atoms with van der Waals surface area (Å²) in [5.74, 6) is -0.680. The van der Waals surface area contributed by atoms with Crippen LogP contribution in [0.2, 0.25) is 0 Å². The summed E-state index contributed by atoms with van der Waals surface area (Å²) in [6.07, 6.45) is 3.53.